The number of nitrogens with zero attached hydrogens (tertiary/aromatic N) is 6. The third-order valence-electron chi connectivity index (χ3n) is 4.33. The van der Waals surface area contributed by atoms with Crippen molar-refractivity contribution < 1.29 is 14.3 Å². The number of aromatic amines is 1. The highest BCUT2D eigenvalue weighted by molar-refractivity contribution is 5.92. The van der Waals surface area contributed by atoms with Crippen LogP contribution in [0.2, 0.25) is 0 Å². The largest absolute Gasteiger partial charge is 0.486 e. The number of tetrazole rings is 1. The molecule has 0 fully saturated rings. The molecular formula is C16H17N7O3. The van der Waals surface area contributed by atoms with Crippen LogP contribution >= 0.6 is 0 Å². The Labute approximate surface area is 148 Å². The summed E-state index contributed by atoms with van der Waals surface area (Å²) in [6.07, 6.45) is 1.41. The van der Waals surface area contributed by atoms with Gasteiger partial charge in [0.15, 0.2) is 17.3 Å². The molecule has 0 spiro atoms. The number of H-pyrrole nitrogens is 1. The molecule has 0 aliphatic carbocycles. The lowest BCUT2D eigenvalue weighted by Crippen LogP contribution is -2.30. The van der Waals surface area contributed by atoms with Crippen molar-refractivity contribution in [3.8, 4) is 17.3 Å². The van der Waals surface area contributed by atoms with Crippen molar-refractivity contribution >= 4 is 5.91 Å². The van der Waals surface area contributed by atoms with Gasteiger partial charge in [-0.15, -0.1) is 5.10 Å². The zero-order chi connectivity index (χ0) is 18.1. The molecule has 1 aromatic carbocycles. The monoisotopic (exact) mass is 355 g/mol. The number of carbonyl (C=O) groups excluding carboxylic acids is 1. The molecule has 0 bridgehead atoms. The van der Waals surface area contributed by atoms with E-state index in [0.29, 0.717) is 30.5 Å². The average molecular weight is 355 g/mol. The van der Waals surface area contributed by atoms with Crippen LogP contribution < -0.4 is 9.47 Å². The van der Waals surface area contributed by atoms with Gasteiger partial charge >= 0.3 is 0 Å². The van der Waals surface area contributed by atoms with E-state index in [1.54, 1.807) is 18.0 Å². The minimum absolute atomic E-state index is 0.168. The number of hydrogen-bond donors (Lipinski definition) is 1. The van der Waals surface area contributed by atoms with Crippen LogP contribution in [0.25, 0.3) is 5.82 Å². The summed E-state index contributed by atoms with van der Waals surface area (Å²) in [4.78, 5) is 14.4. The summed E-state index contributed by atoms with van der Waals surface area (Å²) in [7, 11) is 1.74. The van der Waals surface area contributed by atoms with E-state index < -0.39 is 0 Å². The maximum absolute atomic E-state index is 12.8. The molecule has 1 unspecified atom stereocenters. The molecule has 2 aromatic heterocycles. The minimum atomic E-state index is -0.195. The molecule has 4 rings (SSSR count). The molecule has 26 heavy (non-hydrogen) atoms. The lowest BCUT2D eigenvalue weighted by atomic mass is 10.1. The highest BCUT2D eigenvalue weighted by Gasteiger charge is 2.23. The molecule has 1 atom stereocenters. The van der Waals surface area contributed by atoms with Crippen LogP contribution in [0.3, 0.4) is 0 Å². The maximum Gasteiger partial charge on any atom is 0.272 e. The van der Waals surface area contributed by atoms with Crippen LogP contribution in [0.5, 0.6) is 11.5 Å². The summed E-state index contributed by atoms with van der Waals surface area (Å²) in [5.41, 5.74) is 1.30. The summed E-state index contributed by atoms with van der Waals surface area (Å²) in [6, 6.07) is 7.14. The molecule has 1 aliphatic heterocycles. The van der Waals surface area contributed by atoms with Gasteiger partial charge in [0.1, 0.15) is 25.2 Å². The third-order valence-corrected chi connectivity index (χ3v) is 4.33. The molecule has 1 N–H and O–H groups in total. The number of rotatable bonds is 4. The maximum atomic E-state index is 12.8. The van der Waals surface area contributed by atoms with Crippen LogP contribution in [0.4, 0.5) is 0 Å². The van der Waals surface area contributed by atoms with E-state index in [1.807, 2.05) is 25.1 Å². The first-order valence-corrected chi connectivity index (χ1v) is 8.09. The van der Waals surface area contributed by atoms with Crippen LogP contribution in [0.1, 0.15) is 29.0 Å². The summed E-state index contributed by atoms with van der Waals surface area (Å²) in [6.45, 7) is 3.01. The van der Waals surface area contributed by atoms with E-state index in [4.69, 9.17) is 9.47 Å². The number of fused-ring (bicyclic) bond motifs is 1. The Bertz CT molecular complexity index is 922. The van der Waals surface area contributed by atoms with E-state index in [0.717, 1.165) is 11.3 Å². The molecule has 0 radical (unpaired) electrons. The summed E-state index contributed by atoms with van der Waals surface area (Å²) >= 11 is 0. The van der Waals surface area contributed by atoms with Crippen molar-refractivity contribution in [1.82, 2.24) is 35.3 Å². The fourth-order valence-electron chi connectivity index (χ4n) is 2.71. The summed E-state index contributed by atoms with van der Waals surface area (Å²) < 4.78 is 12.5. The van der Waals surface area contributed by atoms with Crippen molar-refractivity contribution in [2.24, 2.45) is 0 Å². The van der Waals surface area contributed by atoms with Crippen molar-refractivity contribution in [3.63, 3.8) is 0 Å². The number of amides is 1. The topological polar surface area (TPSA) is 111 Å². The smallest absolute Gasteiger partial charge is 0.272 e. The standard InChI is InChI=1S/C16H17N7O3/c1-10(11-3-4-13-14(7-11)26-6-5-25-13)22(2)16(24)12-8-15(19-18-12)23-9-17-20-21-23/h3-4,7-10H,5-6H2,1-2H3,(H,18,19). The van der Waals surface area contributed by atoms with Crippen molar-refractivity contribution in [1.29, 1.82) is 0 Å². The van der Waals surface area contributed by atoms with Gasteiger partial charge in [0.2, 0.25) is 0 Å². The Hall–Kier alpha value is -3.43. The Morgan fingerprint density at radius 1 is 1.27 bits per heavy atom. The highest BCUT2D eigenvalue weighted by atomic mass is 16.6. The van der Waals surface area contributed by atoms with Gasteiger partial charge in [-0.2, -0.15) is 9.78 Å². The van der Waals surface area contributed by atoms with Gasteiger partial charge in [-0.1, -0.05) is 6.07 Å². The predicted molar refractivity (Wildman–Crippen MR) is 89.2 cm³/mol. The van der Waals surface area contributed by atoms with E-state index in [-0.39, 0.29) is 11.9 Å². The quantitative estimate of drug-likeness (QED) is 0.743. The molecule has 0 saturated carbocycles. The third kappa shape index (κ3) is 2.85. The Morgan fingerprint density at radius 2 is 2.08 bits per heavy atom. The first-order chi connectivity index (χ1) is 12.6. The Morgan fingerprint density at radius 3 is 2.85 bits per heavy atom. The second-order valence-electron chi connectivity index (χ2n) is 5.89. The predicted octanol–water partition coefficient (Wildman–Crippen LogP) is 0.990. The average Bonchev–Trinajstić information content (AvgIpc) is 3.37. The SMILES string of the molecule is CC(c1ccc2c(c1)OCCO2)N(C)C(=O)c1cc(-n2cnnn2)n[nH]1. The molecule has 0 saturated heterocycles. The Balaban J connectivity index is 1.53. The zero-order valence-electron chi connectivity index (χ0n) is 14.3. The van der Waals surface area contributed by atoms with E-state index >= 15 is 0 Å². The van der Waals surface area contributed by atoms with Crippen molar-refractivity contribution in [2.45, 2.75) is 13.0 Å². The lowest BCUT2D eigenvalue weighted by Gasteiger charge is -2.26. The number of aromatic nitrogens is 6. The van der Waals surface area contributed by atoms with Crippen LogP contribution in [-0.4, -0.2) is 61.5 Å². The molecule has 1 amide bonds. The fraction of sp³-hybridized carbons (Fsp3) is 0.312. The molecule has 1 aliphatic rings. The van der Waals surface area contributed by atoms with Crippen LogP contribution in [-0.2, 0) is 0 Å². The molecular weight excluding hydrogens is 338 g/mol. The van der Waals surface area contributed by atoms with Gasteiger partial charge in [0.05, 0.1) is 6.04 Å². The number of nitrogens with one attached hydrogen (secondary N) is 1. The molecule has 3 heterocycles. The second-order valence-corrected chi connectivity index (χ2v) is 5.89. The van der Waals surface area contributed by atoms with Crippen molar-refractivity contribution in [3.05, 3.63) is 41.9 Å². The minimum Gasteiger partial charge on any atom is -0.486 e. The number of ether oxygens (including phenoxy) is 2. The van der Waals surface area contributed by atoms with Gasteiger partial charge in [-0.05, 0) is 35.0 Å². The molecule has 134 valence electrons. The summed E-state index contributed by atoms with van der Waals surface area (Å²) in [5, 5.41) is 17.6. The molecule has 10 nitrogen and oxygen atoms in total. The van der Waals surface area contributed by atoms with Gasteiger partial charge < -0.3 is 14.4 Å². The first kappa shape index (κ1) is 16.1. The molecule has 3 aromatic rings. The number of benzene rings is 1. The fourth-order valence-corrected chi connectivity index (χ4v) is 2.71. The van der Waals surface area contributed by atoms with Crippen molar-refractivity contribution in [2.75, 3.05) is 20.3 Å². The summed E-state index contributed by atoms with van der Waals surface area (Å²) in [5.74, 6) is 1.67. The second kappa shape index (κ2) is 6.47. The van der Waals surface area contributed by atoms with Gasteiger partial charge in [0, 0.05) is 13.1 Å². The van der Waals surface area contributed by atoms with Crippen LogP contribution in [0.15, 0.2) is 30.6 Å². The Kier molecular flexibility index (Phi) is 3.99. The van der Waals surface area contributed by atoms with E-state index in [2.05, 4.69) is 25.7 Å². The zero-order valence-corrected chi connectivity index (χ0v) is 14.3. The van der Waals surface area contributed by atoms with E-state index in [1.165, 1.54) is 11.0 Å². The van der Waals surface area contributed by atoms with E-state index in [9.17, 15) is 4.79 Å². The van der Waals surface area contributed by atoms with Gasteiger partial charge in [0.25, 0.3) is 5.91 Å². The van der Waals surface area contributed by atoms with Gasteiger partial charge in [-0.25, -0.2) is 0 Å². The van der Waals surface area contributed by atoms with Crippen LogP contribution in [0, 0.1) is 0 Å². The first-order valence-electron chi connectivity index (χ1n) is 8.09. The highest BCUT2D eigenvalue weighted by Crippen LogP contribution is 2.34. The normalized spacial score (nSPS) is 14.1. The number of hydrogen-bond acceptors (Lipinski definition) is 7. The van der Waals surface area contributed by atoms with Gasteiger partial charge in [-0.3, -0.25) is 9.89 Å². The molecule has 10 heteroatoms. The lowest BCUT2D eigenvalue weighted by molar-refractivity contribution is 0.0736. The number of carbonyl (C=O) groups is 1.